The predicted octanol–water partition coefficient (Wildman–Crippen LogP) is 4.16. The number of aromatic hydroxyl groups is 1. The van der Waals surface area contributed by atoms with Crippen molar-refractivity contribution in [2.45, 2.75) is 6.92 Å². The molecule has 7 heteroatoms. The number of phenols is 1. The Bertz CT molecular complexity index is 1110. The number of rotatable bonds is 3. The highest BCUT2D eigenvalue weighted by Gasteiger charge is 2.14. The smallest absolute Gasteiger partial charge is 0.167 e. The van der Waals surface area contributed by atoms with Crippen molar-refractivity contribution in [3.63, 3.8) is 0 Å². The summed E-state index contributed by atoms with van der Waals surface area (Å²) in [5.74, 6) is 0.466. The predicted molar refractivity (Wildman–Crippen MR) is 100 cm³/mol. The largest absolute Gasteiger partial charge is 0.504 e. The number of aryl methyl sites for hydroxylation is 1. The van der Waals surface area contributed by atoms with Crippen LogP contribution in [0.5, 0.6) is 11.5 Å². The summed E-state index contributed by atoms with van der Waals surface area (Å²) in [4.78, 5) is 8.64. The molecular weight excluding hydrogens is 352 g/mol. The molecule has 4 aromatic rings. The number of hydrogen-bond donors (Lipinski definition) is 1. The maximum absolute atomic E-state index is 10.4. The highest BCUT2D eigenvalue weighted by Crippen LogP contribution is 2.38. The van der Waals surface area contributed by atoms with Crippen molar-refractivity contribution in [2.24, 2.45) is 0 Å². The summed E-state index contributed by atoms with van der Waals surface area (Å²) < 4.78 is 6.80. The Morgan fingerprint density at radius 2 is 2.04 bits per heavy atom. The SMILES string of the molecule is COc1cccc(-c2cc(C)c3cc(-n4cncn4)c(Cl)cc3n2)c1O. The molecule has 130 valence electrons. The molecule has 0 spiro atoms. The molecule has 0 unspecified atom stereocenters. The first-order valence-electron chi connectivity index (χ1n) is 7.90. The first kappa shape index (κ1) is 16.4. The van der Waals surface area contributed by atoms with Crippen molar-refractivity contribution < 1.29 is 9.84 Å². The number of ether oxygens (including phenoxy) is 1. The third kappa shape index (κ3) is 2.64. The van der Waals surface area contributed by atoms with Gasteiger partial charge < -0.3 is 9.84 Å². The molecule has 0 saturated heterocycles. The van der Waals surface area contributed by atoms with Crippen molar-refractivity contribution >= 4 is 22.5 Å². The Kier molecular flexibility index (Phi) is 3.97. The Hall–Kier alpha value is -3.12. The molecule has 2 aromatic heterocycles. The van der Waals surface area contributed by atoms with E-state index >= 15 is 0 Å². The van der Waals surface area contributed by atoms with Crippen LogP contribution in [0.25, 0.3) is 27.8 Å². The minimum atomic E-state index is 0.0617. The molecule has 0 aliphatic rings. The van der Waals surface area contributed by atoms with Gasteiger partial charge in [0, 0.05) is 10.9 Å². The van der Waals surface area contributed by atoms with Crippen LogP contribution < -0.4 is 4.74 Å². The standard InChI is InChI=1S/C19H15ClN4O2/c1-11-6-15(12-4-3-5-18(26-2)19(12)25)23-16-8-14(20)17(7-13(11)16)24-10-21-9-22-24/h3-10,25H,1-2H3. The molecule has 0 amide bonds. The van der Waals surface area contributed by atoms with Crippen LogP contribution in [0.3, 0.4) is 0 Å². The van der Waals surface area contributed by atoms with Gasteiger partial charge in [0.2, 0.25) is 0 Å². The van der Waals surface area contributed by atoms with Gasteiger partial charge in [0.1, 0.15) is 12.7 Å². The minimum absolute atomic E-state index is 0.0617. The second kappa shape index (κ2) is 6.31. The lowest BCUT2D eigenvalue weighted by Crippen LogP contribution is -1.97. The van der Waals surface area contributed by atoms with Crippen LogP contribution in [0.15, 0.2) is 49.1 Å². The van der Waals surface area contributed by atoms with Crippen molar-refractivity contribution in [3.05, 3.63) is 59.6 Å². The lowest BCUT2D eigenvalue weighted by Gasteiger charge is -2.12. The van der Waals surface area contributed by atoms with Crippen molar-refractivity contribution in [2.75, 3.05) is 7.11 Å². The molecule has 1 N–H and O–H groups in total. The number of fused-ring (bicyclic) bond motifs is 1. The summed E-state index contributed by atoms with van der Waals surface area (Å²) in [6.45, 7) is 1.99. The lowest BCUT2D eigenvalue weighted by atomic mass is 10.0. The summed E-state index contributed by atoms with van der Waals surface area (Å²) in [7, 11) is 1.52. The number of pyridine rings is 1. The average molecular weight is 367 g/mol. The Balaban J connectivity index is 1.92. The van der Waals surface area contributed by atoms with E-state index in [4.69, 9.17) is 16.3 Å². The van der Waals surface area contributed by atoms with Gasteiger partial charge in [0.05, 0.1) is 29.0 Å². The highest BCUT2D eigenvalue weighted by molar-refractivity contribution is 6.33. The highest BCUT2D eigenvalue weighted by atomic mass is 35.5. The number of benzene rings is 2. The first-order chi connectivity index (χ1) is 12.6. The molecule has 6 nitrogen and oxygen atoms in total. The molecule has 0 saturated carbocycles. The molecule has 0 atom stereocenters. The third-order valence-corrected chi connectivity index (χ3v) is 4.55. The van der Waals surface area contributed by atoms with E-state index in [-0.39, 0.29) is 5.75 Å². The number of nitrogens with zero attached hydrogens (tertiary/aromatic N) is 4. The number of halogens is 1. The maximum Gasteiger partial charge on any atom is 0.167 e. The van der Waals surface area contributed by atoms with Gasteiger partial charge in [-0.15, -0.1) is 0 Å². The molecule has 0 radical (unpaired) electrons. The summed E-state index contributed by atoms with van der Waals surface area (Å²) in [6.07, 6.45) is 3.05. The van der Waals surface area contributed by atoms with Crippen LogP contribution in [0.1, 0.15) is 5.56 Å². The monoisotopic (exact) mass is 366 g/mol. The van der Waals surface area contributed by atoms with Crippen LogP contribution in [0, 0.1) is 6.92 Å². The molecular formula is C19H15ClN4O2. The van der Waals surface area contributed by atoms with Gasteiger partial charge in [0.25, 0.3) is 0 Å². The van der Waals surface area contributed by atoms with Gasteiger partial charge in [-0.1, -0.05) is 17.7 Å². The van der Waals surface area contributed by atoms with Gasteiger partial charge >= 0.3 is 0 Å². The zero-order valence-corrected chi connectivity index (χ0v) is 14.9. The second-order valence-corrected chi connectivity index (χ2v) is 6.25. The van der Waals surface area contributed by atoms with Crippen LogP contribution in [0.4, 0.5) is 0 Å². The normalized spacial score (nSPS) is 11.0. The van der Waals surface area contributed by atoms with E-state index in [2.05, 4.69) is 15.1 Å². The topological polar surface area (TPSA) is 73.1 Å². The number of para-hydroxylation sites is 1. The van der Waals surface area contributed by atoms with E-state index in [1.807, 2.05) is 25.1 Å². The second-order valence-electron chi connectivity index (χ2n) is 5.84. The lowest BCUT2D eigenvalue weighted by molar-refractivity contribution is 0.374. The number of hydrogen-bond acceptors (Lipinski definition) is 5. The maximum atomic E-state index is 10.4. The Labute approximate surface area is 154 Å². The Morgan fingerprint density at radius 1 is 1.19 bits per heavy atom. The summed E-state index contributed by atoms with van der Waals surface area (Å²) in [5.41, 5.74) is 3.72. The average Bonchev–Trinajstić information content (AvgIpc) is 3.15. The molecule has 4 rings (SSSR count). The number of phenolic OH excluding ortho intramolecular Hbond substituents is 1. The molecule has 0 bridgehead atoms. The van der Waals surface area contributed by atoms with Crippen LogP contribution in [0.2, 0.25) is 5.02 Å². The van der Waals surface area contributed by atoms with Gasteiger partial charge in [0.15, 0.2) is 11.5 Å². The van der Waals surface area contributed by atoms with Gasteiger partial charge in [-0.2, -0.15) is 5.10 Å². The summed E-state index contributed by atoms with van der Waals surface area (Å²) in [5, 5.41) is 16.0. The van der Waals surface area contributed by atoms with E-state index in [1.165, 1.54) is 13.4 Å². The minimum Gasteiger partial charge on any atom is -0.504 e. The fraction of sp³-hybridized carbons (Fsp3) is 0.105. The summed E-state index contributed by atoms with van der Waals surface area (Å²) in [6, 6.07) is 11.0. The van der Waals surface area contributed by atoms with Crippen LogP contribution >= 0.6 is 11.6 Å². The molecule has 0 fully saturated rings. The van der Waals surface area contributed by atoms with E-state index in [0.29, 0.717) is 22.0 Å². The zero-order valence-electron chi connectivity index (χ0n) is 14.1. The van der Waals surface area contributed by atoms with Crippen molar-refractivity contribution in [1.82, 2.24) is 19.7 Å². The van der Waals surface area contributed by atoms with E-state index in [1.54, 1.807) is 29.2 Å². The summed E-state index contributed by atoms with van der Waals surface area (Å²) >= 11 is 6.43. The van der Waals surface area contributed by atoms with E-state index in [9.17, 15) is 5.11 Å². The van der Waals surface area contributed by atoms with Crippen LogP contribution in [-0.2, 0) is 0 Å². The molecule has 2 aromatic carbocycles. The third-order valence-electron chi connectivity index (χ3n) is 4.24. The molecule has 26 heavy (non-hydrogen) atoms. The van der Waals surface area contributed by atoms with Gasteiger partial charge in [-0.05, 0) is 42.8 Å². The molecule has 2 heterocycles. The Morgan fingerprint density at radius 3 is 2.77 bits per heavy atom. The van der Waals surface area contributed by atoms with Crippen LogP contribution in [-0.4, -0.2) is 32.0 Å². The van der Waals surface area contributed by atoms with Gasteiger partial charge in [-0.25, -0.2) is 14.6 Å². The van der Waals surface area contributed by atoms with Crippen molar-refractivity contribution in [1.29, 1.82) is 0 Å². The van der Waals surface area contributed by atoms with Crippen molar-refractivity contribution in [3.8, 4) is 28.4 Å². The van der Waals surface area contributed by atoms with E-state index in [0.717, 1.165) is 22.2 Å². The van der Waals surface area contributed by atoms with Gasteiger partial charge in [-0.3, -0.25) is 0 Å². The fourth-order valence-corrected chi connectivity index (χ4v) is 3.19. The molecule has 0 aliphatic carbocycles. The number of methoxy groups -OCH3 is 1. The fourth-order valence-electron chi connectivity index (χ4n) is 2.94. The number of aromatic nitrogens is 4. The zero-order chi connectivity index (χ0) is 18.3. The quantitative estimate of drug-likeness (QED) is 0.589. The molecule has 0 aliphatic heterocycles. The van der Waals surface area contributed by atoms with E-state index < -0.39 is 0 Å². The first-order valence-corrected chi connectivity index (χ1v) is 8.28.